The Morgan fingerprint density at radius 1 is 1.25 bits per heavy atom. The zero-order valence-corrected chi connectivity index (χ0v) is 12.6. The van der Waals surface area contributed by atoms with E-state index in [-0.39, 0.29) is 10.7 Å². The van der Waals surface area contributed by atoms with E-state index < -0.39 is 11.7 Å². The minimum Gasteiger partial charge on any atom is -0.297 e. The van der Waals surface area contributed by atoms with Gasteiger partial charge in [0.15, 0.2) is 0 Å². The fourth-order valence-electron chi connectivity index (χ4n) is 2.17. The van der Waals surface area contributed by atoms with Gasteiger partial charge in [-0.05, 0) is 25.0 Å². The van der Waals surface area contributed by atoms with E-state index in [1.54, 1.807) is 25.1 Å². The molecule has 1 atom stereocenters. The Balaban J connectivity index is 2.68. The third-order valence-corrected chi connectivity index (χ3v) is 3.94. The van der Waals surface area contributed by atoms with E-state index in [9.17, 15) is 9.59 Å². The largest absolute Gasteiger partial charge is 0.330 e. The summed E-state index contributed by atoms with van der Waals surface area (Å²) >= 11 is 12.0. The average molecular weight is 313 g/mol. The summed E-state index contributed by atoms with van der Waals surface area (Å²) in [5.74, 6) is 0. The van der Waals surface area contributed by atoms with Gasteiger partial charge in [0.05, 0.1) is 11.6 Å². The predicted molar refractivity (Wildman–Crippen MR) is 81.0 cm³/mol. The normalized spacial score (nSPS) is 12.4. The Morgan fingerprint density at radius 3 is 2.50 bits per heavy atom. The van der Waals surface area contributed by atoms with Gasteiger partial charge in [-0.15, -0.1) is 0 Å². The Hall–Kier alpha value is -1.52. The van der Waals surface area contributed by atoms with Crippen LogP contribution in [-0.4, -0.2) is 9.55 Å². The summed E-state index contributed by atoms with van der Waals surface area (Å²) in [6.45, 7) is 3.57. The second-order valence-corrected chi connectivity index (χ2v) is 5.23. The molecule has 0 amide bonds. The Bertz CT molecular complexity index is 750. The molecule has 2 rings (SSSR count). The first-order chi connectivity index (χ1) is 9.47. The number of nitrogens with zero attached hydrogens (tertiary/aromatic N) is 1. The molecule has 1 aromatic heterocycles. The van der Waals surface area contributed by atoms with E-state index in [0.29, 0.717) is 22.6 Å². The molecular formula is C14H14Cl2N2O2. The van der Waals surface area contributed by atoms with Crippen molar-refractivity contribution in [3.8, 4) is 0 Å². The number of H-pyrrole nitrogens is 1. The van der Waals surface area contributed by atoms with Crippen molar-refractivity contribution in [1.29, 1.82) is 0 Å². The van der Waals surface area contributed by atoms with Crippen molar-refractivity contribution < 1.29 is 0 Å². The van der Waals surface area contributed by atoms with Crippen LogP contribution in [0.5, 0.6) is 0 Å². The zero-order valence-electron chi connectivity index (χ0n) is 11.1. The van der Waals surface area contributed by atoms with E-state index in [1.807, 2.05) is 13.0 Å². The fraction of sp³-hybridized carbons (Fsp3) is 0.286. The molecule has 1 unspecified atom stereocenters. The predicted octanol–water partition coefficient (Wildman–Crippen LogP) is 3.02. The highest BCUT2D eigenvalue weighted by atomic mass is 35.5. The number of nitrogens with one attached hydrogen (secondary N) is 1. The number of aromatic amines is 1. The molecule has 2 aromatic rings. The van der Waals surface area contributed by atoms with Crippen LogP contribution in [0, 0.1) is 0 Å². The molecule has 4 nitrogen and oxygen atoms in total. The van der Waals surface area contributed by atoms with Crippen LogP contribution in [0.4, 0.5) is 0 Å². The zero-order chi connectivity index (χ0) is 14.9. The Labute approximate surface area is 126 Å². The summed E-state index contributed by atoms with van der Waals surface area (Å²) < 4.78 is 1.14. The Morgan fingerprint density at radius 2 is 1.90 bits per heavy atom. The lowest BCUT2D eigenvalue weighted by molar-refractivity contribution is 0.572. The second-order valence-electron chi connectivity index (χ2n) is 4.45. The molecule has 6 heteroatoms. The molecule has 0 aliphatic carbocycles. The van der Waals surface area contributed by atoms with Gasteiger partial charge in [0.1, 0.15) is 5.15 Å². The molecule has 106 valence electrons. The van der Waals surface area contributed by atoms with Gasteiger partial charge in [0.2, 0.25) is 0 Å². The van der Waals surface area contributed by atoms with E-state index in [0.717, 1.165) is 4.57 Å². The first-order valence-corrected chi connectivity index (χ1v) is 7.00. The van der Waals surface area contributed by atoms with Crippen LogP contribution < -0.4 is 11.2 Å². The van der Waals surface area contributed by atoms with Crippen molar-refractivity contribution in [1.82, 2.24) is 9.55 Å². The van der Waals surface area contributed by atoms with Crippen molar-refractivity contribution in [3.63, 3.8) is 0 Å². The first-order valence-electron chi connectivity index (χ1n) is 6.25. The van der Waals surface area contributed by atoms with Gasteiger partial charge < -0.3 is 0 Å². The molecule has 0 bridgehead atoms. The van der Waals surface area contributed by atoms with Gasteiger partial charge in [-0.3, -0.25) is 14.3 Å². The van der Waals surface area contributed by atoms with Crippen LogP contribution in [0.2, 0.25) is 10.2 Å². The molecular weight excluding hydrogens is 299 g/mol. The van der Waals surface area contributed by atoms with Crippen LogP contribution in [-0.2, 0) is 6.42 Å². The molecule has 0 saturated carbocycles. The number of hydrogen-bond acceptors (Lipinski definition) is 2. The van der Waals surface area contributed by atoms with Crippen molar-refractivity contribution in [2.45, 2.75) is 26.3 Å². The minimum absolute atomic E-state index is 0.102. The van der Waals surface area contributed by atoms with Crippen molar-refractivity contribution in [3.05, 3.63) is 66.4 Å². The summed E-state index contributed by atoms with van der Waals surface area (Å²) in [5, 5.41) is 0.615. The molecule has 0 aliphatic rings. The lowest BCUT2D eigenvalue weighted by Gasteiger charge is -2.17. The maximum Gasteiger partial charge on any atom is 0.330 e. The molecule has 0 spiro atoms. The molecule has 1 aromatic carbocycles. The summed E-state index contributed by atoms with van der Waals surface area (Å²) in [7, 11) is 0. The van der Waals surface area contributed by atoms with Crippen LogP contribution in [0.3, 0.4) is 0 Å². The van der Waals surface area contributed by atoms with Gasteiger partial charge in [-0.25, -0.2) is 4.79 Å². The molecule has 20 heavy (non-hydrogen) atoms. The maximum absolute atomic E-state index is 12.4. The van der Waals surface area contributed by atoms with Crippen LogP contribution >= 0.6 is 23.2 Å². The summed E-state index contributed by atoms with van der Waals surface area (Å²) in [6, 6.07) is 6.66. The summed E-state index contributed by atoms with van der Waals surface area (Å²) in [5.41, 5.74) is 0.189. The smallest absolute Gasteiger partial charge is 0.297 e. The summed E-state index contributed by atoms with van der Waals surface area (Å²) in [4.78, 5) is 26.9. The van der Waals surface area contributed by atoms with Crippen LogP contribution in [0.1, 0.15) is 31.0 Å². The van der Waals surface area contributed by atoms with E-state index in [2.05, 4.69) is 4.98 Å². The van der Waals surface area contributed by atoms with Gasteiger partial charge in [0, 0.05) is 5.02 Å². The highest BCUT2D eigenvalue weighted by Crippen LogP contribution is 2.23. The number of hydrogen-bond donors (Lipinski definition) is 1. The molecule has 0 aliphatic heterocycles. The lowest BCUT2D eigenvalue weighted by atomic mass is 10.1. The lowest BCUT2D eigenvalue weighted by Crippen LogP contribution is -2.39. The van der Waals surface area contributed by atoms with Gasteiger partial charge in [-0.1, -0.05) is 48.3 Å². The Kier molecular flexibility index (Phi) is 4.35. The van der Waals surface area contributed by atoms with E-state index in [1.165, 1.54) is 0 Å². The van der Waals surface area contributed by atoms with Crippen LogP contribution in [0.25, 0.3) is 0 Å². The highest BCUT2D eigenvalue weighted by molar-refractivity contribution is 6.31. The van der Waals surface area contributed by atoms with Crippen LogP contribution in [0.15, 0.2) is 33.9 Å². The second kappa shape index (κ2) is 5.85. The minimum atomic E-state index is -0.537. The molecule has 1 heterocycles. The third-order valence-electron chi connectivity index (χ3n) is 3.27. The number of halogens is 2. The number of aromatic nitrogens is 2. The number of benzene rings is 1. The average Bonchev–Trinajstić information content (AvgIpc) is 2.39. The van der Waals surface area contributed by atoms with E-state index in [4.69, 9.17) is 23.2 Å². The van der Waals surface area contributed by atoms with Gasteiger partial charge in [-0.2, -0.15) is 0 Å². The van der Waals surface area contributed by atoms with E-state index >= 15 is 0 Å². The fourth-order valence-corrected chi connectivity index (χ4v) is 2.76. The standard InChI is InChI=1S/C14H14Cl2N2O2/c1-3-9-12(16)17-14(20)18(13(9)19)8(2)10-6-4-5-7-11(10)15/h4-8H,3H2,1-2H3,(H,17,20). The van der Waals surface area contributed by atoms with Crippen molar-refractivity contribution >= 4 is 23.2 Å². The monoisotopic (exact) mass is 312 g/mol. The number of rotatable bonds is 3. The molecule has 0 radical (unpaired) electrons. The van der Waals surface area contributed by atoms with Crippen molar-refractivity contribution in [2.24, 2.45) is 0 Å². The molecule has 1 N–H and O–H groups in total. The maximum atomic E-state index is 12.4. The summed E-state index contributed by atoms with van der Waals surface area (Å²) in [6.07, 6.45) is 0.448. The first kappa shape index (κ1) is 14.9. The molecule has 0 fully saturated rings. The van der Waals surface area contributed by atoms with Crippen molar-refractivity contribution in [2.75, 3.05) is 0 Å². The quantitative estimate of drug-likeness (QED) is 0.886. The highest BCUT2D eigenvalue weighted by Gasteiger charge is 2.18. The topological polar surface area (TPSA) is 54.9 Å². The van der Waals surface area contributed by atoms with Gasteiger partial charge in [0.25, 0.3) is 5.56 Å². The molecule has 0 saturated heterocycles. The SMILES string of the molecule is CCc1c(Cl)[nH]c(=O)n(C(C)c2ccccc2Cl)c1=O. The van der Waals surface area contributed by atoms with Gasteiger partial charge >= 0.3 is 5.69 Å². The third kappa shape index (κ3) is 2.53.